The van der Waals surface area contributed by atoms with Crippen LogP contribution in [0.25, 0.3) is 0 Å². The van der Waals surface area contributed by atoms with Crippen LogP contribution in [0.4, 0.5) is 0 Å². The molecule has 4 nitrogen and oxygen atoms in total. The first-order valence-corrected chi connectivity index (χ1v) is 9.05. The van der Waals surface area contributed by atoms with Crippen molar-refractivity contribution in [2.24, 2.45) is 0 Å². The molecule has 0 aliphatic heterocycles. The summed E-state index contributed by atoms with van der Waals surface area (Å²) in [7, 11) is -4.02. The molecule has 0 amide bonds. The Kier molecular flexibility index (Phi) is 5.20. The van der Waals surface area contributed by atoms with Gasteiger partial charge in [-0.05, 0) is 44.9 Å². The summed E-state index contributed by atoms with van der Waals surface area (Å²) in [5, 5.41) is 0.0474. The number of aryl methyl sites for hydroxylation is 3. The Bertz CT molecular complexity index is 772. The number of rotatable bonds is 5. The van der Waals surface area contributed by atoms with Gasteiger partial charge in [-0.25, -0.2) is 0 Å². The molecule has 122 valence electrons. The molecule has 0 saturated heterocycles. The molecule has 0 radical (unpaired) electrons. The normalized spacial score (nSPS) is 13.6. The second kappa shape index (κ2) is 6.79. The van der Waals surface area contributed by atoms with Gasteiger partial charge in [0.05, 0.1) is 11.9 Å². The zero-order valence-corrected chi connectivity index (χ0v) is 14.7. The molecule has 0 spiro atoms. The molecule has 5 heteroatoms. The number of hydrogen-bond donors (Lipinski definition) is 1. The number of carbonyl (C=O) groups excluding carboxylic acids is 1. The molecule has 0 heterocycles. The highest BCUT2D eigenvalue weighted by Gasteiger charge is 2.29. The summed E-state index contributed by atoms with van der Waals surface area (Å²) in [6.45, 7) is 7.45. The van der Waals surface area contributed by atoms with Gasteiger partial charge in [-0.1, -0.05) is 35.9 Å². The molecule has 0 saturated carbocycles. The second-order valence-electron chi connectivity index (χ2n) is 5.56. The summed E-state index contributed by atoms with van der Waals surface area (Å²) in [4.78, 5) is 23.1. The first kappa shape index (κ1) is 17.6. The van der Waals surface area contributed by atoms with Crippen molar-refractivity contribution in [1.29, 1.82) is 0 Å². The highest BCUT2D eigenvalue weighted by atomic mass is 31.2. The van der Waals surface area contributed by atoms with Crippen LogP contribution in [0.5, 0.6) is 0 Å². The first-order chi connectivity index (χ1) is 10.8. The summed E-state index contributed by atoms with van der Waals surface area (Å²) < 4.78 is 17.4. The molecular weight excluding hydrogens is 311 g/mol. The predicted octanol–water partition coefficient (Wildman–Crippen LogP) is 3.69. The fourth-order valence-corrected chi connectivity index (χ4v) is 4.07. The van der Waals surface area contributed by atoms with Gasteiger partial charge in [0.15, 0.2) is 5.78 Å². The van der Waals surface area contributed by atoms with Crippen LogP contribution in [0.2, 0.25) is 0 Å². The van der Waals surface area contributed by atoms with E-state index in [1.165, 1.54) is 6.07 Å². The molecular formula is C18H21O4P. The van der Waals surface area contributed by atoms with Crippen LogP contribution in [0.1, 0.15) is 39.5 Å². The zero-order chi connectivity index (χ0) is 17.2. The van der Waals surface area contributed by atoms with Gasteiger partial charge < -0.3 is 9.42 Å². The van der Waals surface area contributed by atoms with Crippen molar-refractivity contribution in [3.05, 3.63) is 64.2 Å². The fourth-order valence-electron chi connectivity index (χ4n) is 2.83. The van der Waals surface area contributed by atoms with E-state index in [0.29, 0.717) is 5.56 Å². The summed E-state index contributed by atoms with van der Waals surface area (Å²) >= 11 is 0. The Hall–Kier alpha value is -1.74. The topological polar surface area (TPSA) is 63.6 Å². The molecule has 2 aromatic carbocycles. The van der Waals surface area contributed by atoms with Crippen molar-refractivity contribution in [2.75, 3.05) is 6.61 Å². The van der Waals surface area contributed by atoms with E-state index in [1.807, 2.05) is 32.9 Å². The molecule has 0 aromatic heterocycles. The standard InChI is InChI=1S/C18H21O4P/c1-5-22-23(20,21)16-9-7-6-8-15(16)18(19)17-13(3)10-12(2)11-14(17)4/h6-11H,5H2,1-4H3,(H,20,21). The highest BCUT2D eigenvalue weighted by Crippen LogP contribution is 2.42. The Morgan fingerprint density at radius 3 is 2.26 bits per heavy atom. The lowest BCUT2D eigenvalue weighted by Gasteiger charge is -2.16. The Morgan fingerprint density at radius 1 is 1.13 bits per heavy atom. The van der Waals surface area contributed by atoms with Crippen LogP contribution in [0, 0.1) is 20.8 Å². The molecule has 0 fully saturated rings. The second-order valence-corrected chi connectivity index (χ2v) is 7.34. The minimum atomic E-state index is -4.02. The van der Waals surface area contributed by atoms with E-state index in [1.54, 1.807) is 25.1 Å². The smallest absolute Gasteiger partial charge is 0.321 e. The SMILES string of the molecule is CCOP(=O)(O)c1ccccc1C(=O)c1c(C)cc(C)cc1C. The van der Waals surface area contributed by atoms with Gasteiger partial charge in [-0.3, -0.25) is 9.36 Å². The van der Waals surface area contributed by atoms with Gasteiger partial charge in [0.25, 0.3) is 0 Å². The van der Waals surface area contributed by atoms with Crippen molar-refractivity contribution in [3.63, 3.8) is 0 Å². The van der Waals surface area contributed by atoms with Crippen molar-refractivity contribution in [3.8, 4) is 0 Å². The average Bonchev–Trinajstić information content (AvgIpc) is 2.46. The largest absolute Gasteiger partial charge is 0.359 e. The third kappa shape index (κ3) is 3.61. The summed E-state index contributed by atoms with van der Waals surface area (Å²) in [6, 6.07) is 10.2. The van der Waals surface area contributed by atoms with Crippen LogP contribution >= 0.6 is 7.60 Å². The highest BCUT2D eigenvalue weighted by molar-refractivity contribution is 7.61. The summed E-state index contributed by atoms with van der Waals surface area (Å²) in [5.41, 5.74) is 3.56. The van der Waals surface area contributed by atoms with E-state index in [-0.39, 0.29) is 23.3 Å². The zero-order valence-electron chi connectivity index (χ0n) is 13.8. The third-order valence-electron chi connectivity index (χ3n) is 3.66. The van der Waals surface area contributed by atoms with Gasteiger partial charge in [-0.2, -0.15) is 0 Å². The van der Waals surface area contributed by atoms with Crippen LogP contribution in [-0.4, -0.2) is 17.3 Å². The van der Waals surface area contributed by atoms with Crippen LogP contribution in [0.15, 0.2) is 36.4 Å². The van der Waals surface area contributed by atoms with Gasteiger partial charge >= 0.3 is 7.60 Å². The number of hydrogen-bond acceptors (Lipinski definition) is 3. The number of ketones is 1. The Labute approximate surface area is 136 Å². The summed E-state index contributed by atoms with van der Waals surface area (Å²) in [5.74, 6) is -0.260. The predicted molar refractivity (Wildman–Crippen MR) is 91.6 cm³/mol. The van der Waals surface area contributed by atoms with Crippen molar-refractivity contribution in [2.45, 2.75) is 27.7 Å². The lowest BCUT2D eigenvalue weighted by atomic mass is 9.93. The van der Waals surface area contributed by atoms with Crippen molar-refractivity contribution < 1.29 is 18.8 Å². The van der Waals surface area contributed by atoms with E-state index in [4.69, 9.17) is 4.52 Å². The van der Waals surface area contributed by atoms with Crippen LogP contribution in [-0.2, 0) is 9.09 Å². The van der Waals surface area contributed by atoms with Crippen molar-refractivity contribution in [1.82, 2.24) is 0 Å². The van der Waals surface area contributed by atoms with Gasteiger partial charge in [0.1, 0.15) is 0 Å². The molecule has 0 aliphatic rings. The third-order valence-corrected chi connectivity index (χ3v) is 5.27. The molecule has 1 N–H and O–H groups in total. The lowest BCUT2D eigenvalue weighted by Crippen LogP contribution is -2.19. The minimum absolute atomic E-state index is 0.0474. The maximum Gasteiger partial charge on any atom is 0.359 e. The Morgan fingerprint density at radius 2 is 1.70 bits per heavy atom. The van der Waals surface area contributed by atoms with E-state index >= 15 is 0 Å². The quantitative estimate of drug-likeness (QED) is 0.670. The van der Waals surface area contributed by atoms with Crippen molar-refractivity contribution >= 4 is 18.7 Å². The molecule has 23 heavy (non-hydrogen) atoms. The fraction of sp³-hybridized carbons (Fsp3) is 0.278. The lowest BCUT2D eigenvalue weighted by molar-refractivity contribution is 0.103. The number of carbonyl (C=O) groups is 1. The van der Waals surface area contributed by atoms with Gasteiger partial charge in [0, 0.05) is 11.1 Å². The summed E-state index contributed by atoms with van der Waals surface area (Å²) in [6.07, 6.45) is 0. The van der Waals surface area contributed by atoms with E-state index in [0.717, 1.165) is 16.7 Å². The van der Waals surface area contributed by atoms with Crippen LogP contribution in [0.3, 0.4) is 0 Å². The van der Waals surface area contributed by atoms with Gasteiger partial charge in [-0.15, -0.1) is 0 Å². The van der Waals surface area contributed by atoms with E-state index in [2.05, 4.69) is 0 Å². The van der Waals surface area contributed by atoms with Crippen LogP contribution < -0.4 is 5.30 Å². The molecule has 2 rings (SSSR count). The van der Waals surface area contributed by atoms with E-state index < -0.39 is 7.60 Å². The molecule has 2 aromatic rings. The van der Waals surface area contributed by atoms with Gasteiger partial charge in [0.2, 0.25) is 0 Å². The minimum Gasteiger partial charge on any atom is -0.321 e. The molecule has 0 bridgehead atoms. The Balaban J connectivity index is 2.61. The maximum absolute atomic E-state index is 13.0. The molecule has 1 atom stereocenters. The molecule has 1 unspecified atom stereocenters. The maximum atomic E-state index is 13.0. The number of benzene rings is 2. The first-order valence-electron chi connectivity index (χ1n) is 7.47. The molecule has 0 aliphatic carbocycles. The average molecular weight is 332 g/mol. The monoisotopic (exact) mass is 332 g/mol. The van der Waals surface area contributed by atoms with E-state index in [9.17, 15) is 14.3 Å².